The van der Waals surface area contributed by atoms with Gasteiger partial charge in [-0.15, -0.1) is 0 Å². The van der Waals surface area contributed by atoms with Crippen LogP contribution in [0.2, 0.25) is 0 Å². The van der Waals surface area contributed by atoms with Gasteiger partial charge in [-0.1, -0.05) is 12.2 Å². The molecule has 1 heterocycles. The third-order valence-corrected chi connectivity index (χ3v) is 1.17. The van der Waals surface area contributed by atoms with E-state index in [1.165, 1.54) is 0 Å². The molecular formula is C6H4N2S. The van der Waals surface area contributed by atoms with E-state index >= 15 is 0 Å². The number of hydrogen-bond acceptors (Lipinski definition) is 2. The summed E-state index contributed by atoms with van der Waals surface area (Å²) in [6.07, 6.45) is 1.59. The fraction of sp³-hybridized carbons (Fsp3) is 0. The van der Waals surface area contributed by atoms with Gasteiger partial charge >= 0.3 is 0 Å². The molecule has 0 aliphatic rings. The molecule has 1 rings (SSSR count). The predicted molar refractivity (Wildman–Crippen MR) is 36.3 cm³/mol. The first kappa shape index (κ1) is 5.99. The van der Waals surface area contributed by atoms with Gasteiger partial charge in [-0.25, -0.2) is 0 Å². The molecule has 1 aromatic rings. The molecule has 0 amide bonds. The lowest BCUT2D eigenvalue weighted by Gasteiger charge is -1.83. The van der Waals surface area contributed by atoms with E-state index in [4.69, 9.17) is 17.5 Å². The van der Waals surface area contributed by atoms with E-state index in [1.807, 2.05) is 6.07 Å². The molecule has 0 saturated carbocycles. The average molecular weight is 136 g/mol. The predicted octanol–water partition coefficient (Wildman–Crippen LogP) is 1.62. The second-order valence-corrected chi connectivity index (χ2v) is 1.99. The van der Waals surface area contributed by atoms with Crippen molar-refractivity contribution in [3.05, 3.63) is 28.5 Å². The number of nitriles is 1. The molecule has 0 atom stereocenters. The number of hydrogen-bond donors (Lipinski definition) is 1. The van der Waals surface area contributed by atoms with Crippen LogP contribution in [0.15, 0.2) is 18.3 Å². The summed E-state index contributed by atoms with van der Waals surface area (Å²) in [5.41, 5.74) is 0.601. The van der Waals surface area contributed by atoms with Crippen LogP contribution in [0.4, 0.5) is 0 Å². The molecule has 2 nitrogen and oxygen atoms in total. The van der Waals surface area contributed by atoms with Crippen molar-refractivity contribution in [3.63, 3.8) is 0 Å². The lowest BCUT2D eigenvalue weighted by atomic mass is 10.3. The smallest absolute Gasteiger partial charge is 0.103 e. The van der Waals surface area contributed by atoms with E-state index in [0.717, 1.165) is 0 Å². The monoisotopic (exact) mass is 136 g/mol. The molecule has 0 aliphatic heterocycles. The standard InChI is InChI=1S/C6H4N2S/c7-3-5-1-2-6(9)8-4-5/h1-2,4H,(H,8,9). The number of nitrogens with one attached hydrogen (secondary N) is 1. The maximum Gasteiger partial charge on any atom is 0.103 e. The van der Waals surface area contributed by atoms with Crippen LogP contribution in [0, 0.1) is 16.0 Å². The van der Waals surface area contributed by atoms with Crippen molar-refractivity contribution in [2.75, 3.05) is 0 Å². The van der Waals surface area contributed by atoms with Crippen molar-refractivity contribution in [1.29, 1.82) is 5.26 Å². The fourth-order valence-corrected chi connectivity index (χ4v) is 0.607. The molecule has 1 aromatic heterocycles. The minimum Gasteiger partial charge on any atom is -0.352 e. The maximum absolute atomic E-state index is 8.32. The third kappa shape index (κ3) is 1.37. The molecule has 0 fully saturated rings. The Hall–Kier alpha value is -1.14. The summed E-state index contributed by atoms with van der Waals surface area (Å²) < 4.78 is 0.647. The Morgan fingerprint density at radius 3 is 2.78 bits per heavy atom. The van der Waals surface area contributed by atoms with Crippen molar-refractivity contribution < 1.29 is 0 Å². The number of nitrogens with zero attached hydrogens (tertiary/aromatic N) is 1. The van der Waals surface area contributed by atoms with Gasteiger partial charge in [0.1, 0.15) is 10.7 Å². The number of H-pyrrole nitrogens is 1. The summed E-state index contributed by atoms with van der Waals surface area (Å²) >= 11 is 4.75. The second kappa shape index (κ2) is 2.42. The molecule has 0 spiro atoms. The summed E-state index contributed by atoms with van der Waals surface area (Å²) in [6, 6.07) is 5.34. The first-order valence-corrected chi connectivity index (χ1v) is 2.82. The van der Waals surface area contributed by atoms with Crippen LogP contribution in [0.5, 0.6) is 0 Å². The van der Waals surface area contributed by atoms with E-state index in [0.29, 0.717) is 10.2 Å². The minimum absolute atomic E-state index is 0.601. The summed E-state index contributed by atoms with van der Waals surface area (Å²) in [6.45, 7) is 0. The average Bonchev–Trinajstić information content (AvgIpc) is 1.90. The fourth-order valence-electron chi connectivity index (χ4n) is 0.480. The second-order valence-electron chi connectivity index (χ2n) is 1.55. The molecular weight excluding hydrogens is 132 g/mol. The minimum atomic E-state index is 0.601. The highest BCUT2D eigenvalue weighted by molar-refractivity contribution is 7.71. The molecule has 0 bridgehead atoms. The maximum atomic E-state index is 8.32. The summed E-state index contributed by atoms with van der Waals surface area (Å²) in [5, 5.41) is 8.32. The van der Waals surface area contributed by atoms with Crippen molar-refractivity contribution in [3.8, 4) is 6.07 Å². The molecule has 0 unspecified atom stereocenters. The number of aromatic amines is 1. The van der Waals surface area contributed by atoms with Gasteiger partial charge in [0.25, 0.3) is 0 Å². The van der Waals surface area contributed by atoms with Gasteiger partial charge in [-0.05, 0) is 12.1 Å². The third-order valence-electron chi connectivity index (χ3n) is 0.913. The Balaban J connectivity index is 3.21. The Labute approximate surface area is 57.8 Å². The van der Waals surface area contributed by atoms with E-state index in [9.17, 15) is 0 Å². The molecule has 0 radical (unpaired) electrons. The molecule has 0 aromatic carbocycles. The van der Waals surface area contributed by atoms with Crippen LogP contribution >= 0.6 is 12.2 Å². The van der Waals surface area contributed by atoms with Crippen LogP contribution < -0.4 is 0 Å². The van der Waals surface area contributed by atoms with E-state index in [2.05, 4.69) is 4.98 Å². The largest absolute Gasteiger partial charge is 0.352 e. The molecule has 44 valence electrons. The Morgan fingerprint density at radius 1 is 1.56 bits per heavy atom. The van der Waals surface area contributed by atoms with Crippen LogP contribution in [0.1, 0.15) is 5.56 Å². The van der Waals surface area contributed by atoms with Crippen LogP contribution in [0.3, 0.4) is 0 Å². The first-order valence-electron chi connectivity index (χ1n) is 2.42. The molecule has 1 N–H and O–H groups in total. The van der Waals surface area contributed by atoms with Gasteiger partial charge in [0.05, 0.1) is 5.56 Å². The van der Waals surface area contributed by atoms with Gasteiger partial charge in [0, 0.05) is 6.20 Å². The molecule has 3 heteroatoms. The molecule has 0 saturated heterocycles. The van der Waals surface area contributed by atoms with E-state index in [-0.39, 0.29) is 0 Å². The Bertz CT molecular complexity index is 274. The highest BCUT2D eigenvalue weighted by atomic mass is 32.1. The first-order chi connectivity index (χ1) is 4.33. The lowest BCUT2D eigenvalue weighted by molar-refractivity contribution is 1.28. The number of rotatable bonds is 0. The lowest BCUT2D eigenvalue weighted by Crippen LogP contribution is -1.75. The zero-order valence-corrected chi connectivity index (χ0v) is 5.40. The van der Waals surface area contributed by atoms with Gasteiger partial charge in [0.2, 0.25) is 0 Å². The highest BCUT2D eigenvalue weighted by Crippen LogP contribution is 1.92. The van der Waals surface area contributed by atoms with Crippen molar-refractivity contribution in [2.24, 2.45) is 0 Å². The molecule has 9 heavy (non-hydrogen) atoms. The van der Waals surface area contributed by atoms with Crippen LogP contribution in [-0.2, 0) is 0 Å². The van der Waals surface area contributed by atoms with E-state index < -0.39 is 0 Å². The number of aromatic nitrogens is 1. The van der Waals surface area contributed by atoms with Crippen LogP contribution in [-0.4, -0.2) is 4.98 Å². The van der Waals surface area contributed by atoms with E-state index in [1.54, 1.807) is 18.3 Å². The normalized spacial score (nSPS) is 8.33. The summed E-state index contributed by atoms with van der Waals surface area (Å²) in [7, 11) is 0. The zero-order chi connectivity index (χ0) is 6.69. The topological polar surface area (TPSA) is 39.6 Å². The summed E-state index contributed by atoms with van der Waals surface area (Å²) in [5.74, 6) is 0. The van der Waals surface area contributed by atoms with Crippen molar-refractivity contribution in [2.45, 2.75) is 0 Å². The summed E-state index contributed by atoms with van der Waals surface area (Å²) in [4.78, 5) is 2.74. The molecule has 0 aliphatic carbocycles. The van der Waals surface area contributed by atoms with Gasteiger partial charge in [-0.2, -0.15) is 5.26 Å². The van der Waals surface area contributed by atoms with Crippen molar-refractivity contribution >= 4 is 12.2 Å². The number of pyridine rings is 1. The van der Waals surface area contributed by atoms with Crippen molar-refractivity contribution in [1.82, 2.24) is 4.98 Å². The SMILES string of the molecule is N#Cc1ccc(=S)[nH]c1. The van der Waals surface area contributed by atoms with Gasteiger partial charge in [-0.3, -0.25) is 0 Å². The van der Waals surface area contributed by atoms with Gasteiger partial charge < -0.3 is 4.98 Å². The highest BCUT2D eigenvalue weighted by Gasteiger charge is 1.82. The zero-order valence-electron chi connectivity index (χ0n) is 4.59. The quantitative estimate of drug-likeness (QED) is 0.550. The van der Waals surface area contributed by atoms with Gasteiger partial charge in [0.15, 0.2) is 0 Å². The Kier molecular flexibility index (Phi) is 1.61. The Morgan fingerprint density at radius 2 is 2.33 bits per heavy atom. The van der Waals surface area contributed by atoms with Crippen LogP contribution in [0.25, 0.3) is 0 Å².